The van der Waals surface area contributed by atoms with Crippen molar-refractivity contribution in [1.29, 1.82) is 0 Å². The van der Waals surface area contributed by atoms with E-state index in [1.165, 1.54) is 31.6 Å². The third kappa shape index (κ3) is 9.19. The third-order valence-corrected chi connectivity index (χ3v) is 15.4. The molecule has 5 atom stereocenters. The molecule has 73 heavy (non-hydrogen) atoms. The Balaban J connectivity index is 0.994. The standard InChI is InChI=1S/C54H59FN10O7S/c1-27(2)45(61-53(68)70-7)50(66)63-17-9-11-39(63)47-56-24-36(59-47)31-14-16-38-33(20-31)22-41-44-35(55)21-32(23-42(44)72-52(65(38)41)49-58-26-43(73-49)34-15-13-29(5)19-30(34)6)37-25-57-48(60-37)40-12-10-18-64(40)51(67)46(28(3)4)62-54(69)71-8/h13-16,19-28,39-40,45-46,52H,9-12,17-18H2,1-8H3,(H,56,59)(H,57,60)(H,61,68)(H,62,69)/t39-,40-,45-,46-,52?/m0/s1. The summed E-state index contributed by atoms with van der Waals surface area (Å²) in [4.78, 5) is 77.9. The SMILES string of the molecule is COC(=O)N[C@H](C(=O)N1CCC[C@H]1c1ncc(-c2cc(F)c3c(c2)OC(c2ncc(-c4ccc(C)cc4C)s2)n2c-3cc3cc(-c4cnc([C@@H]5CCCN5C(=O)[C@@H](NC(=O)OC)C(C)C)[nH]4)ccc32)[nH]1)C(C)C. The van der Waals surface area contributed by atoms with Gasteiger partial charge in [0.25, 0.3) is 0 Å². The summed E-state index contributed by atoms with van der Waals surface area (Å²) in [6.07, 6.45) is 6.08. The van der Waals surface area contributed by atoms with Gasteiger partial charge in [0.1, 0.15) is 35.3 Å². The summed E-state index contributed by atoms with van der Waals surface area (Å²) in [6, 6.07) is 15.4. The molecule has 7 aromatic rings. The lowest BCUT2D eigenvalue weighted by atomic mass is 10.0. The van der Waals surface area contributed by atoms with Gasteiger partial charge in [0.15, 0.2) is 5.01 Å². The number of thiazole rings is 1. The van der Waals surface area contributed by atoms with E-state index in [2.05, 4.69) is 52.6 Å². The van der Waals surface area contributed by atoms with Crippen LogP contribution in [0, 0.1) is 31.5 Å². The van der Waals surface area contributed by atoms with Gasteiger partial charge in [-0.25, -0.2) is 28.9 Å². The number of H-pyrrole nitrogens is 2. The number of nitrogens with one attached hydrogen (secondary N) is 4. The van der Waals surface area contributed by atoms with Gasteiger partial charge >= 0.3 is 12.2 Å². The number of likely N-dealkylation sites (tertiary alicyclic amines) is 2. The Labute approximate surface area is 425 Å². The smallest absolute Gasteiger partial charge is 0.407 e. The van der Waals surface area contributed by atoms with Gasteiger partial charge in [-0.2, -0.15) is 0 Å². The lowest BCUT2D eigenvalue weighted by Crippen LogP contribution is -2.51. The summed E-state index contributed by atoms with van der Waals surface area (Å²) >= 11 is 1.52. The first kappa shape index (κ1) is 49.1. The van der Waals surface area contributed by atoms with Crippen LogP contribution in [0.5, 0.6) is 5.75 Å². The van der Waals surface area contributed by atoms with Crippen LogP contribution in [0.25, 0.3) is 55.1 Å². The Morgan fingerprint density at radius 2 is 1.36 bits per heavy atom. The highest BCUT2D eigenvalue weighted by molar-refractivity contribution is 7.15. The Morgan fingerprint density at radius 3 is 1.93 bits per heavy atom. The number of halogens is 1. The summed E-state index contributed by atoms with van der Waals surface area (Å²) in [6.45, 7) is 12.7. The van der Waals surface area contributed by atoms with Crippen molar-refractivity contribution in [2.24, 2.45) is 11.8 Å². The van der Waals surface area contributed by atoms with Crippen LogP contribution in [-0.4, -0.2) is 103 Å². The number of fused-ring (bicyclic) bond motifs is 5. The van der Waals surface area contributed by atoms with Gasteiger partial charge in [0, 0.05) is 35.8 Å². The molecule has 0 aliphatic carbocycles. The number of imidazole rings is 2. The van der Waals surface area contributed by atoms with E-state index in [4.69, 9.17) is 29.2 Å². The number of nitrogens with zero attached hydrogens (tertiary/aromatic N) is 6. The number of carbonyl (C=O) groups excluding carboxylic acids is 4. The molecule has 2 fully saturated rings. The molecular weight excluding hydrogens is 952 g/mol. The molecule has 4 aromatic heterocycles. The van der Waals surface area contributed by atoms with Gasteiger partial charge in [-0.05, 0) is 92.8 Å². The highest BCUT2D eigenvalue weighted by Crippen LogP contribution is 2.49. The summed E-state index contributed by atoms with van der Waals surface area (Å²) in [5.41, 5.74) is 7.73. The summed E-state index contributed by atoms with van der Waals surface area (Å²) in [7, 11) is 2.54. The van der Waals surface area contributed by atoms with E-state index < -0.39 is 36.3 Å². The lowest BCUT2D eigenvalue weighted by Gasteiger charge is -2.30. The van der Waals surface area contributed by atoms with Gasteiger partial charge in [-0.1, -0.05) is 57.5 Å². The average Bonchev–Trinajstić information content (AvgIpc) is 4.23. The second kappa shape index (κ2) is 19.8. The number of hydrogen-bond donors (Lipinski definition) is 4. The maximum absolute atomic E-state index is 17.1. The van der Waals surface area contributed by atoms with Crippen molar-refractivity contribution in [3.05, 3.63) is 107 Å². The minimum absolute atomic E-state index is 0.163. The number of benzene rings is 3. The largest absolute Gasteiger partial charge is 0.462 e. The maximum Gasteiger partial charge on any atom is 0.407 e. The van der Waals surface area contributed by atoms with Crippen molar-refractivity contribution in [3.63, 3.8) is 0 Å². The number of ether oxygens (including phenoxy) is 3. The fourth-order valence-electron chi connectivity index (χ4n) is 10.6. The van der Waals surface area contributed by atoms with Gasteiger partial charge in [0.2, 0.25) is 18.0 Å². The molecular formula is C54H59FN10O7S. The van der Waals surface area contributed by atoms with E-state index in [9.17, 15) is 19.2 Å². The van der Waals surface area contributed by atoms with Crippen LogP contribution in [-0.2, 0) is 19.1 Å². The fourth-order valence-corrected chi connectivity index (χ4v) is 11.6. The van der Waals surface area contributed by atoms with Crippen molar-refractivity contribution in [2.75, 3.05) is 27.3 Å². The molecule has 7 heterocycles. The van der Waals surface area contributed by atoms with Gasteiger partial charge in [-0.3, -0.25) is 14.2 Å². The number of aryl methyl sites for hydroxylation is 2. The molecule has 3 aromatic carbocycles. The molecule has 0 saturated carbocycles. The summed E-state index contributed by atoms with van der Waals surface area (Å²) < 4.78 is 35.6. The zero-order valence-electron chi connectivity index (χ0n) is 42.0. The van der Waals surface area contributed by atoms with Crippen LogP contribution in [0.1, 0.15) is 99.5 Å². The number of rotatable bonds is 12. The van der Waals surface area contributed by atoms with E-state index in [1.54, 1.807) is 22.2 Å². The molecule has 2 saturated heterocycles. The Morgan fingerprint density at radius 1 is 0.753 bits per heavy atom. The third-order valence-electron chi connectivity index (χ3n) is 14.3. The first-order valence-corrected chi connectivity index (χ1v) is 25.5. The molecule has 4 amide bonds. The quantitative estimate of drug-likeness (QED) is 0.0913. The van der Waals surface area contributed by atoms with Crippen LogP contribution in [0.15, 0.2) is 73.2 Å². The second-order valence-electron chi connectivity index (χ2n) is 19.8. The highest BCUT2D eigenvalue weighted by Gasteiger charge is 2.40. The molecule has 17 nitrogen and oxygen atoms in total. The van der Waals surface area contributed by atoms with Crippen molar-refractivity contribution in [2.45, 2.75) is 97.6 Å². The molecule has 0 spiro atoms. The first-order valence-electron chi connectivity index (χ1n) is 24.7. The fraction of sp³-hybridized carbons (Fsp3) is 0.389. The molecule has 0 bridgehead atoms. The molecule has 19 heteroatoms. The predicted molar refractivity (Wildman–Crippen MR) is 274 cm³/mol. The zero-order valence-corrected chi connectivity index (χ0v) is 42.9. The molecule has 0 radical (unpaired) electrons. The second-order valence-corrected chi connectivity index (χ2v) is 20.9. The van der Waals surface area contributed by atoms with E-state index in [0.29, 0.717) is 70.9 Å². The summed E-state index contributed by atoms with van der Waals surface area (Å²) in [5, 5.41) is 6.91. The number of carbonyl (C=O) groups is 4. The number of amides is 4. The van der Waals surface area contributed by atoms with Crippen LogP contribution >= 0.6 is 11.3 Å². The van der Waals surface area contributed by atoms with Crippen molar-refractivity contribution in [3.8, 4) is 50.0 Å². The molecule has 380 valence electrons. The van der Waals surface area contributed by atoms with Gasteiger partial charge < -0.3 is 44.6 Å². The number of aromatic amines is 2. The monoisotopic (exact) mass is 1010 g/mol. The normalized spacial score (nSPS) is 18.2. The molecule has 10 rings (SSSR count). The molecule has 1 unspecified atom stereocenters. The molecule has 4 N–H and O–H groups in total. The summed E-state index contributed by atoms with van der Waals surface area (Å²) in [5.74, 6) is 0.270. The molecule has 3 aliphatic rings. The van der Waals surface area contributed by atoms with Crippen LogP contribution in [0.3, 0.4) is 0 Å². The Kier molecular flexibility index (Phi) is 13.3. The van der Waals surface area contributed by atoms with Crippen molar-refractivity contribution < 1.29 is 37.8 Å². The van der Waals surface area contributed by atoms with Crippen molar-refractivity contribution in [1.82, 2.24) is 49.9 Å². The van der Waals surface area contributed by atoms with E-state index >= 15 is 4.39 Å². The molecule has 3 aliphatic heterocycles. The average molecular weight is 1010 g/mol. The van der Waals surface area contributed by atoms with Crippen molar-refractivity contribution >= 4 is 46.2 Å². The number of alkyl carbamates (subject to hydrolysis) is 2. The topological polar surface area (TPSA) is 202 Å². The zero-order chi connectivity index (χ0) is 51.4. The van der Waals surface area contributed by atoms with Gasteiger partial charge in [-0.15, -0.1) is 11.3 Å². The van der Waals surface area contributed by atoms with E-state index in [0.717, 1.165) is 56.6 Å². The highest BCUT2D eigenvalue weighted by atomic mass is 32.1. The van der Waals surface area contributed by atoms with Crippen LogP contribution in [0.2, 0.25) is 0 Å². The van der Waals surface area contributed by atoms with E-state index in [1.807, 2.05) is 68.8 Å². The number of methoxy groups -OCH3 is 2. The maximum atomic E-state index is 17.1. The van der Waals surface area contributed by atoms with E-state index in [-0.39, 0.29) is 35.7 Å². The van der Waals surface area contributed by atoms with Gasteiger partial charge in [0.05, 0.1) is 71.7 Å². The minimum Gasteiger partial charge on any atom is -0.462 e. The predicted octanol–water partition coefficient (Wildman–Crippen LogP) is 10.00. The number of hydrogen-bond acceptors (Lipinski definition) is 11. The lowest BCUT2D eigenvalue weighted by molar-refractivity contribution is -0.136. The Hall–Kier alpha value is -7.54. The Bertz CT molecular complexity index is 3270. The minimum atomic E-state index is -0.785. The number of aromatic nitrogens is 6. The van der Waals surface area contributed by atoms with Crippen LogP contribution < -0.4 is 15.4 Å². The van der Waals surface area contributed by atoms with Crippen LogP contribution in [0.4, 0.5) is 14.0 Å². The first-order chi connectivity index (χ1) is 35.1.